The third kappa shape index (κ3) is 1.25. The van der Waals surface area contributed by atoms with Gasteiger partial charge in [0.25, 0.3) is 0 Å². The number of fused-ring (bicyclic) bond motifs is 1. The standard InChI is InChI=1S/C11H12FN3/c12-7-1-2-8-9(5-7)15-10(14-8)11(6-13)3-4-11/h1-2,5H,3-4,6,13H2,(H,14,15). The van der Waals surface area contributed by atoms with Crippen LogP contribution in [-0.2, 0) is 5.41 Å². The Morgan fingerprint density at radius 1 is 1.47 bits per heavy atom. The van der Waals surface area contributed by atoms with E-state index in [4.69, 9.17) is 5.73 Å². The van der Waals surface area contributed by atoms with Crippen LogP contribution < -0.4 is 5.73 Å². The van der Waals surface area contributed by atoms with E-state index in [1.165, 1.54) is 12.1 Å². The van der Waals surface area contributed by atoms with E-state index in [0.717, 1.165) is 29.7 Å². The van der Waals surface area contributed by atoms with Gasteiger partial charge in [-0.1, -0.05) is 0 Å². The van der Waals surface area contributed by atoms with Gasteiger partial charge in [-0.05, 0) is 31.0 Å². The molecule has 3 nitrogen and oxygen atoms in total. The molecule has 0 unspecified atom stereocenters. The van der Waals surface area contributed by atoms with Crippen molar-refractivity contribution in [3.63, 3.8) is 0 Å². The third-order valence-electron chi connectivity index (χ3n) is 3.19. The highest BCUT2D eigenvalue weighted by atomic mass is 19.1. The van der Waals surface area contributed by atoms with E-state index in [2.05, 4.69) is 9.97 Å². The van der Waals surface area contributed by atoms with Crippen molar-refractivity contribution in [1.29, 1.82) is 0 Å². The number of rotatable bonds is 2. The molecule has 3 rings (SSSR count). The van der Waals surface area contributed by atoms with E-state index < -0.39 is 0 Å². The molecule has 0 atom stereocenters. The quantitative estimate of drug-likeness (QED) is 0.783. The summed E-state index contributed by atoms with van der Waals surface area (Å²) in [6, 6.07) is 4.59. The Balaban J connectivity index is 2.14. The Morgan fingerprint density at radius 2 is 2.27 bits per heavy atom. The Bertz CT molecular complexity index is 514. The van der Waals surface area contributed by atoms with Gasteiger partial charge in [0, 0.05) is 12.0 Å². The summed E-state index contributed by atoms with van der Waals surface area (Å²) >= 11 is 0. The molecule has 78 valence electrons. The molecular weight excluding hydrogens is 193 g/mol. The number of aromatic amines is 1. The highest BCUT2D eigenvalue weighted by molar-refractivity contribution is 5.75. The average molecular weight is 205 g/mol. The molecule has 3 N–H and O–H groups in total. The molecule has 0 radical (unpaired) electrons. The van der Waals surface area contributed by atoms with Crippen molar-refractivity contribution in [2.24, 2.45) is 5.73 Å². The Labute approximate surface area is 86.5 Å². The summed E-state index contributed by atoms with van der Waals surface area (Å²) < 4.78 is 13.0. The number of hydrogen-bond acceptors (Lipinski definition) is 2. The highest BCUT2D eigenvalue weighted by Crippen LogP contribution is 2.46. The number of nitrogens with two attached hydrogens (primary N) is 1. The largest absolute Gasteiger partial charge is 0.341 e. The van der Waals surface area contributed by atoms with Gasteiger partial charge in [-0.2, -0.15) is 0 Å². The minimum atomic E-state index is -0.240. The molecule has 2 aromatic rings. The van der Waals surface area contributed by atoms with Crippen molar-refractivity contribution in [2.75, 3.05) is 6.54 Å². The number of nitrogens with zero attached hydrogens (tertiary/aromatic N) is 1. The second kappa shape index (κ2) is 2.79. The smallest absolute Gasteiger partial charge is 0.125 e. The van der Waals surface area contributed by atoms with Crippen molar-refractivity contribution in [3.05, 3.63) is 29.8 Å². The van der Waals surface area contributed by atoms with Crippen molar-refractivity contribution in [2.45, 2.75) is 18.3 Å². The Kier molecular flexibility index (Phi) is 1.65. The topological polar surface area (TPSA) is 54.7 Å². The highest BCUT2D eigenvalue weighted by Gasteiger charge is 2.45. The molecule has 15 heavy (non-hydrogen) atoms. The number of benzene rings is 1. The van der Waals surface area contributed by atoms with Gasteiger partial charge in [-0.25, -0.2) is 9.37 Å². The fourth-order valence-electron chi connectivity index (χ4n) is 1.92. The lowest BCUT2D eigenvalue weighted by atomic mass is 10.1. The fraction of sp³-hybridized carbons (Fsp3) is 0.364. The summed E-state index contributed by atoms with van der Waals surface area (Å²) in [4.78, 5) is 7.62. The van der Waals surface area contributed by atoms with Crippen LogP contribution in [0.4, 0.5) is 4.39 Å². The van der Waals surface area contributed by atoms with Crippen molar-refractivity contribution in [1.82, 2.24) is 9.97 Å². The maximum absolute atomic E-state index is 13.0. The molecule has 1 aliphatic rings. The monoisotopic (exact) mass is 205 g/mol. The predicted molar refractivity (Wildman–Crippen MR) is 56.0 cm³/mol. The van der Waals surface area contributed by atoms with Crippen LogP contribution in [0, 0.1) is 5.82 Å². The molecular formula is C11H12FN3. The van der Waals surface area contributed by atoms with Crippen LogP contribution in [0.1, 0.15) is 18.7 Å². The number of nitrogens with one attached hydrogen (secondary N) is 1. The molecule has 0 spiro atoms. The minimum absolute atomic E-state index is 0.0372. The van der Waals surface area contributed by atoms with Crippen molar-refractivity contribution >= 4 is 11.0 Å². The first kappa shape index (κ1) is 8.85. The molecule has 1 aromatic heterocycles. The van der Waals surface area contributed by atoms with Crippen molar-refractivity contribution < 1.29 is 4.39 Å². The van der Waals surface area contributed by atoms with Gasteiger partial charge < -0.3 is 10.7 Å². The lowest BCUT2D eigenvalue weighted by molar-refractivity contribution is 0.629. The Hall–Kier alpha value is -1.42. The van der Waals surface area contributed by atoms with Gasteiger partial charge in [0.05, 0.1) is 11.0 Å². The van der Waals surface area contributed by atoms with Gasteiger partial charge in [-0.15, -0.1) is 0 Å². The van der Waals surface area contributed by atoms with Crippen LogP contribution in [0.15, 0.2) is 18.2 Å². The van der Waals surface area contributed by atoms with Crippen LogP contribution in [0.25, 0.3) is 11.0 Å². The molecule has 0 amide bonds. The predicted octanol–water partition coefficient (Wildman–Crippen LogP) is 1.69. The maximum atomic E-state index is 13.0. The summed E-state index contributed by atoms with van der Waals surface area (Å²) in [5.41, 5.74) is 7.32. The maximum Gasteiger partial charge on any atom is 0.125 e. The van der Waals surface area contributed by atoms with Crippen LogP contribution in [0.3, 0.4) is 0 Å². The molecule has 0 aliphatic heterocycles. The molecule has 1 heterocycles. The normalized spacial score (nSPS) is 18.3. The van der Waals surface area contributed by atoms with E-state index in [-0.39, 0.29) is 11.2 Å². The molecule has 1 fully saturated rings. The molecule has 1 saturated carbocycles. The Morgan fingerprint density at radius 3 is 2.93 bits per heavy atom. The zero-order valence-electron chi connectivity index (χ0n) is 8.26. The third-order valence-corrected chi connectivity index (χ3v) is 3.19. The van der Waals surface area contributed by atoms with E-state index in [1.807, 2.05) is 0 Å². The van der Waals surface area contributed by atoms with E-state index in [9.17, 15) is 4.39 Å². The summed E-state index contributed by atoms with van der Waals surface area (Å²) in [5.74, 6) is 0.667. The molecule has 0 saturated heterocycles. The van der Waals surface area contributed by atoms with Gasteiger partial charge >= 0.3 is 0 Å². The van der Waals surface area contributed by atoms with Crippen LogP contribution >= 0.6 is 0 Å². The number of imidazole rings is 1. The average Bonchev–Trinajstić information content (AvgIpc) is 2.93. The first-order chi connectivity index (χ1) is 7.23. The summed E-state index contributed by atoms with van der Waals surface area (Å²) in [7, 11) is 0. The van der Waals surface area contributed by atoms with Crippen LogP contribution in [0.2, 0.25) is 0 Å². The first-order valence-corrected chi connectivity index (χ1v) is 5.09. The zero-order chi connectivity index (χ0) is 10.5. The first-order valence-electron chi connectivity index (χ1n) is 5.09. The van der Waals surface area contributed by atoms with Gasteiger partial charge in [0.15, 0.2) is 0 Å². The second-order valence-electron chi connectivity index (χ2n) is 4.23. The van der Waals surface area contributed by atoms with Gasteiger partial charge in [0.2, 0.25) is 0 Å². The minimum Gasteiger partial charge on any atom is -0.341 e. The van der Waals surface area contributed by atoms with Gasteiger partial charge in [-0.3, -0.25) is 0 Å². The summed E-state index contributed by atoms with van der Waals surface area (Å²) in [6.07, 6.45) is 2.15. The van der Waals surface area contributed by atoms with E-state index in [0.29, 0.717) is 6.54 Å². The van der Waals surface area contributed by atoms with Crippen molar-refractivity contribution in [3.8, 4) is 0 Å². The van der Waals surface area contributed by atoms with E-state index >= 15 is 0 Å². The number of halogens is 1. The number of hydrogen-bond donors (Lipinski definition) is 2. The summed E-state index contributed by atoms with van der Waals surface area (Å²) in [6.45, 7) is 0.606. The lowest BCUT2D eigenvalue weighted by Crippen LogP contribution is -2.20. The SMILES string of the molecule is NCC1(c2nc3ccc(F)cc3[nH]2)CC1. The fourth-order valence-corrected chi connectivity index (χ4v) is 1.92. The second-order valence-corrected chi connectivity index (χ2v) is 4.23. The molecule has 1 aromatic carbocycles. The zero-order valence-corrected chi connectivity index (χ0v) is 8.26. The summed E-state index contributed by atoms with van der Waals surface area (Å²) in [5, 5.41) is 0. The van der Waals surface area contributed by atoms with Crippen LogP contribution in [0.5, 0.6) is 0 Å². The molecule has 4 heteroatoms. The van der Waals surface area contributed by atoms with Crippen LogP contribution in [-0.4, -0.2) is 16.5 Å². The molecule has 1 aliphatic carbocycles. The number of H-pyrrole nitrogens is 1. The number of aromatic nitrogens is 2. The lowest BCUT2D eigenvalue weighted by Gasteiger charge is -2.06. The van der Waals surface area contributed by atoms with Gasteiger partial charge in [0.1, 0.15) is 11.6 Å². The van der Waals surface area contributed by atoms with E-state index in [1.54, 1.807) is 6.07 Å². The molecule has 0 bridgehead atoms.